The molecule has 1 heterocycles. The van der Waals surface area contributed by atoms with Crippen LogP contribution in [0.4, 0.5) is 0 Å². The summed E-state index contributed by atoms with van der Waals surface area (Å²) in [5.41, 5.74) is 0.240. The Bertz CT molecular complexity index is 383. The number of aromatic amines is 1. The third kappa shape index (κ3) is 4.06. The summed E-state index contributed by atoms with van der Waals surface area (Å²) in [7, 11) is 0. The van der Waals surface area contributed by atoms with E-state index in [4.69, 9.17) is 11.6 Å². The van der Waals surface area contributed by atoms with Crippen LogP contribution in [0.3, 0.4) is 0 Å². The third-order valence-electron chi connectivity index (χ3n) is 2.19. The lowest BCUT2D eigenvalue weighted by Crippen LogP contribution is -2.32. The fraction of sp³-hybridized carbons (Fsp3) is 0.455. The van der Waals surface area contributed by atoms with Crippen molar-refractivity contribution >= 4 is 17.5 Å². The second-order valence-electron chi connectivity index (χ2n) is 3.65. The van der Waals surface area contributed by atoms with E-state index in [-0.39, 0.29) is 17.5 Å². The number of halogens is 1. The van der Waals surface area contributed by atoms with Gasteiger partial charge in [0.2, 0.25) is 5.56 Å². The number of pyridine rings is 1. The zero-order chi connectivity index (χ0) is 12.0. The number of hydrogen-bond acceptors (Lipinski definition) is 2. The lowest BCUT2D eigenvalue weighted by molar-refractivity contribution is 0.0938. The number of hydrogen-bond donors (Lipinski definition) is 2. The van der Waals surface area contributed by atoms with Crippen LogP contribution in [-0.4, -0.2) is 22.8 Å². The van der Waals surface area contributed by atoms with Crippen LogP contribution in [-0.2, 0) is 0 Å². The number of carbonyl (C=O) groups is 1. The molecule has 5 heteroatoms. The maximum absolute atomic E-state index is 11.7. The standard InChI is InChI=1S/C11H15ClN2O2/c1-8(3-2-6-12)14-11(16)9-4-5-10(15)13-7-9/h4-5,7-8H,2-3,6H2,1H3,(H,13,15)(H,14,16). The number of amides is 1. The molecule has 0 aliphatic heterocycles. The van der Waals surface area contributed by atoms with Crippen molar-refractivity contribution in [3.63, 3.8) is 0 Å². The van der Waals surface area contributed by atoms with Gasteiger partial charge in [-0.3, -0.25) is 9.59 Å². The molecule has 1 unspecified atom stereocenters. The first-order valence-electron chi connectivity index (χ1n) is 5.19. The first kappa shape index (κ1) is 12.8. The normalized spacial score (nSPS) is 12.1. The van der Waals surface area contributed by atoms with Crippen LogP contribution in [0.25, 0.3) is 0 Å². The Kier molecular flexibility index (Phi) is 5.05. The van der Waals surface area contributed by atoms with E-state index < -0.39 is 0 Å². The Morgan fingerprint density at radius 1 is 1.56 bits per heavy atom. The van der Waals surface area contributed by atoms with Crippen LogP contribution in [0.15, 0.2) is 23.1 Å². The molecule has 0 fully saturated rings. The number of carbonyl (C=O) groups excluding carboxylic acids is 1. The summed E-state index contributed by atoms with van der Waals surface area (Å²) >= 11 is 5.56. The quantitative estimate of drug-likeness (QED) is 0.769. The molecule has 88 valence electrons. The highest BCUT2D eigenvalue weighted by atomic mass is 35.5. The van der Waals surface area contributed by atoms with Gasteiger partial charge in [0.1, 0.15) is 0 Å². The fourth-order valence-electron chi connectivity index (χ4n) is 1.31. The lowest BCUT2D eigenvalue weighted by Gasteiger charge is -2.12. The van der Waals surface area contributed by atoms with E-state index in [2.05, 4.69) is 10.3 Å². The van der Waals surface area contributed by atoms with Crippen molar-refractivity contribution in [1.82, 2.24) is 10.3 Å². The molecule has 0 aromatic carbocycles. The van der Waals surface area contributed by atoms with Gasteiger partial charge in [0.25, 0.3) is 5.91 Å². The van der Waals surface area contributed by atoms with Crippen molar-refractivity contribution in [2.24, 2.45) is 0 Å². The Morgan fingerprint density at radius 2 is 2.31 bits per heavy atom. The van der Waals surface area contributed by atoms with Crippen molar-refractivity contribution in [1.29, 1.82) is 0 Å². The molecule has 0 aliphatic rings. The number of H-pyrrole nitrogens is 1. The molecule has 0 radical (unpaired) electrons. The summed E-state index contributed by atoms with van der Waals surface area (Å²) in [4.78, 5) is 24.9. The van der Waals surface area contributed by atoms with Gasteiger partial charge in [-0.05, 0) is 25.8 Å². The van der Waals surface area contributed by atoms with Crippen LogP contribution in [0.5, 0.6) is 0 Å². The molecule has 0 spiro atoms. The molecule has 1 amide bonds. The number of nitrogens with one attached hydrogen (secondary N) is 2. The van der Waals surface area contributed by atoms with E-state index in [1.54, 1.807) is 0 Å². The average Bonchev–Trinajstić information content (AvgIpc) is 2.27. The molecule has 1 aromatic rings. The van der Waals surface area contributed by atoms with Gasteiger partial charge < -0.3 is 10.3 Å². The summed E-state index contributed by atoms with van der Waals surface area (Å²) in [6, 6.07) is 2.92. The molecule has 16 heavy (non-hydrogen) atoms. The maximum Gasteiger partial charge on any atom is 0.252 e. The lowest BCUT2D eigenvalue weighted by atomic mass is 10.2. The van der Waals surface area contributed by atoms with Crippen LogP contribution >= 0.6 is 11.6 Å². The second kappa shape index (κ2) is 6.33. The Balaban J connectivity index is 2.52. The van der Waals surface area contributed by atoms with Gasteiger partial charge in [0.05, 0.1) is 5.56 Å². The highest BCUT2D eigenvalue weighted by molar-refractivity contribution is 6.17. The predicted molar refractivity (Wildman–Crippen MR) is 63.9 cm³/mol. The molecule has 2 N–H and O–H groups in total. The summed E-state index contributed by atoms with van der Waals surface area (Å²) < 4.78 is 0. The summed E-state index contributed by atoms with van der Waals surface area (Å²) in [6.07, 6.45) is 3.12. The van der Waals surface area contributed by atoms with Crippen LogP contribution in [0.2, 0.25) is 0 Å². The average molecular weight is 243 g/mol. The van der Waals surface area contributed by atoms with E-state index in [1.807, 2.05) is 6.92 Å². The van der Waals surface area contributed by atoms with E-state index in [9.17, 15) is 9.59 Å². The van der Waals surface area contributed by atoms with Gasteiger partial charge in [0, 0.05) is 24.2 Å². The fourth-order valence-corrected chi connectivity index (χ4v) is 1.47. The Morgan fingerprint density at radius 3 is 2.88 bits per heavy atom. The number of aromatic nitrogens is 1. The van der Waals surface area contributed by atoms with E-state index in [0.717, 1.165) is 12.8 Å². The molecular formula is C11H15ClN2O2. The Labute approximate surface area is 99.0 Å². The number of rotatable bonds is 5. The van der Waals surface area contributed by atoms with Gasteiger partial charge in [0.15, 0.2) is 0 Å². The van der Waals surface area contributed by atoms with Crippen molar-refractivity contribution in [3.8, 4) is 0 Å². The zero-order valence-electron chi connectivity index (χ0n) is 9.13. The van der Waals surface area contributed by atoms with E-state index >= 15 is 0 Å². The van der Waals surface area contributed by atoms with Crippen molar-refractivity contribution < 1.29 is 4.79 Å². The first-order chi connectivity index (χ1) is 7.63. The molecule has 4 nitrogen and oxygen atoms in total. The Hall–Kier alpha value is -1.29. The smallest absolute Gasteiger partial charge is 0.252 e. The highest BCUT2D eigenvalue weighted by Crippen LogP contribution is 2.00. The molecular weight excluding hydrogens is 228 g/mol. The SMILES string of the molecule is CC(CCCCl)NC(=O)c1ccc(=O)[nH]c1. The minimum absolute atomic E-state index is 0.0816. The number of alkyl halides is 1. The van der Waals surface area contributed by atoms with Gasteiger partial charge in [-0.1, -0.05) is 0 Å². The summed E-state index contributed by atoms with van der Waals surface area (Å²) in [5, 5.41) is 2.83. The van der Waals surface area contributed by atoms with Crippen molar-refractivity contribution in [3.05, 3.63) is 34.2 Å². The van der Waals surface area contributed by atoms with Crippen molar-refractivity contribution in [2.75, 3.05) is 5.88 Å². The van der Waals surface area contributed by atoms with Crippen LogP contribution < -0.4 is 10.9 Å². The first-order valence-corrected chi connectivity index (χ1v) is 5.72. The third-order valence-corrected chi connectivity index (χ3v) is 2.46. The summed E-state index contributed by atoms with van der Waals surface area (Å²) in [5.74, 6) is 0.414. The molecule has 0 saturated carbocycles. The molecule has 0 aliphatic carbocycles. The largest absolute Gasteiger partial charge is 0.350 e. The molecule has 0 saturated heterocycles. The molecule has 1 rings (SSSR count). The second-order valence-corrected chi connectivity index (χ2v) is 4.03. The van der Waals surface area contributed by atoms with E-state index in [1.165, 1.54) is 18.3 Å². The molecule has 1 atom stereocenters. The summed E-state index contributed by atoms with van der Waals surface area (Å²) in [6.45, 7) is 1.93. The van der Waals surface area contributed by atoms with Gasteiger partial charge in [-0.2, -0.15) is 0 Å². The predicted octanol–water partition coefficient (Wildman–Crippen LogP) is 1.51. The van der Waals surface area contributed by atoms with Gasteiger partial charge in [-0.15, -0.1) is 11.6 Å². The van der Waals surface area contributed by atoms with Crippen molar-refractivity contribution in [2.45, 2.75) is 25.8 Å². The van der Waals surface area contributed by atoms with Crippen LogP contribution in [0, 0.1) is 0 Å². The van der Waals surface area contributed by atoms with Gasteiger partial charge >= 0.3 is 0 Å². The molecule has 0 bridgehead atoms. The topological polar surface area (TPSA) is 62.0 Å². The monoisotopic (exact) mass is 242 g/mol. The van der Waals surface area contributed by atoms with Gasteiger partial charge in [-0.25, -0.2) is 0 Å². The molecule has 1 aromatic heterocycles. The highest BCUT2D eigenvalue weighted by Gasteiger charge is 2.08. The van der Waals surface area contributed by atoms with E-state index in [0.29, 0.717) is 11.4 Å². The maximum atomic E-state index is 11.7. The zero-order valence-corrected chi connectivity index (χ0v) is 9.88. The minimum atomic E-state index is -0.216. The van der Waals surface area contributed by atoms with Crippen LogP contribution in [0.1, 0.15) is 30.1 Å². The minimum Gasteiger partial charge on any atom is -0.350 e.